The molecule has 3 amide bonds. The van der Waals surface area contributed by atoms with Crippen LogP contribution in [0.4, 0.5) is 5.69 Å². The molecule has 0 unspecified atom stereocenters. The second-order valence-corrected chi connectivity index (χ2v) is 8.87. The largest absolute Gasteiger partial charge is 0.490 e. The highest BCUT2D eigenvalue weighted by Crippen LogP contribution is 2.36. The maximum absolute atomic E-state index is 12.4. The van der Waals surface area contributed by atoms with Crippen LogP contribution in [0.1, 0.15) is 36.5 Å². The molecule has 37 heavy (non-hydrogen) atoms. The van der Waals surface area contributed by atoms with Crippen molar-refractivity contribution in [2.45, 2.75) is 39.7 Å². The summed E-state index contributed by atoms with van der Waals surface area (Å²) in [5, 5.41) is 9.33. The van der Waals surface area contributed by atoms with E-state index in [4.69, 9.17) is 25.8 Å². The van der Waals surface area contributed by atoms with Crippen LogP contribution in [0.3, 0.4) is 0 Å². The molecule has 1 atom stereocenters. The summed E-state index contributed by atoms with van der Waals surface area (Å²) in [6.07, 6.45) is 3.03. The van der Waals surface area contributed by atoms with Gasteiger partial charge in [0.25, 0.3) is 5.91 Å². The molecule has 3 N–H and O–H groups in total. The van der Waals surface area contributed by atoms with Gasteiger partial charge in [0, 0.05) is 18.8 Å². The van der Waals surface area contributed by atoms with E-state index in [0.29, 0.717) is 30.2 Å². The third-order valence-electron chi connectivity index (χ3n) is 5.44. The summed E-state index contributed by atoms with van der Waals surface area (Å²) >= 11 is 6.39. The van der Waals surface area contributed by atoms with Gasteiger partial charge in [0.1, 0.15) is 0 Å². The summed E-state index contributed by atoms with van der Waals surface area (Å²) in [5.41, 5.74) is 5.40. The quantitative estimate of drug-likeness (QED) is 0.246. The van der Waals surface area contributed by atoms with E-state index in [9.17, 15) is 14.4 Å². The molecular weight excluding hydrogens is 500 g/mol. The van der Waals surface area contributed by atoms with Crippen LogP contribution in [0.5, 0.6) is 11.5 Å². The standard InChI is InChI=1S/C26H31ClN4O6/c1-4-35-22-12-18(13-29-31-26(34)25(33)28-14-19-6-5-9-36-19)11-20(27)24(22)37-15-23(32)30-21-8-7-16(2)10-17(21)3/h7-8,10-13,19H,4-6,9,14-15H2,1-3H3,(H,28,33)(H,30,32)(H,31,34)/b29-13-/t19-/m1/s1. The summed E-state index contributed by atoms with van der Waals surface area (Å²) in [5.74, 6) is -1.55. The van der Waals surface area contributed by atoms with Gasteiger partial charge < -0.3 is 24.8 Å². The monoisotopic (exact) mass is 530 g/mol. The predicted molar refractivity (Wildman–Crippen MR) is 140 cm³/mol. The van der Waals surface area contributed by atoms with E-state index in [-0.39, 0.29) is 35.9 Å². The fourth-order valence-corrected chi connectivity index (χ4v) is 3.93. The molecular formula is C26H31ClN4O6. The number of amides is 3. The molecule has 0 radical (unpaired) electrons. The van der Waals surface area contributed by atoms with Crippen molar-refractivity contribution in [3.63, 3.8) is 0 Å². The molecule has 198 valence electrons. The minimum atomic E-state index is -0.903. The number of nitrogens with zero attached hydrogens (tertiary/aromatic N) is 1. The van der Waals surface area contributed by atoms with Crippen molar-refractivity contribution in [1.82, 2.24) is 10.7 Å². The number of hydrogen-bond donors (Lipinski definition) is 3. The van der Waals surface area contributed by atoms with Crippen molar-refractivity contribution in [2.75, 3.05) is 31.7 Å². The first kappa shape index (κ1) is 27.9. The van der Waals surface area contributed by atoms with Gasteiger partial charge in [-0.3, -0.25) is 14.4 Å². The molecule has 10 nitrogen and oxygen atoms in total. The van der Waals surface area contributed by atoms with E-state index in [0.717, 1.165) is 24.0 Å². The Morgan fingerprint density at radius 3 is 2.68 bits per heavy atom. The minimum absolute atomic E-state index is 0.0714. The van der Waals surface area contributed by atoms with Crippen molar-refractivity contribution < 1.29 is 28.6 Å². The SMILES string of the molecule is CCOc1cc(/C=N\NC(=O)C(=O)NC[C@H]2CCCO2)cc(Cl)c1OCC(=O)Nc1ccc(C)cc1C. The first-order chi connectivity index (χ1) is 17.8. The normalized spacial score (nSPS) is 14.9. The van der Waals surface area contributed by atoms with Crippen LogP contribution in [-0.2, 0) is 19.1 Å². The van der Waals surface area contributed by atoms with Gasteiger partial charge in [-0.1, -0.05) is 29.3 Å². The van der Waals surface area contributed by atoms with Gasteiger partial charge >= 0.3 is 11.8 Å². The molecule has 3 rings (SSSR count). The summed E-state index contributed by atoms with van der Waals surface area (Å²) in [7, 11) is 0. The average molecular weight is 531 g/mol. The van der Waals surface area contributed by atoms with E-state index >= 15 is 0 Å². The molecule has 11 heteroatoms. The maximum Gasteiger partial charge on any atom is 0.329 e. The Kier molecular flexibility index (Phi) is 10.3. The molecule has 1 saturated heterocycles. The van der Waals surface area contributed by atoms with Gasteiger partial charge in [-0.25, -0.2) is 5.43 Å². The Morgan fingerprint density at radius 1 is 1.16 bits per heavy atom. The fraction of sp³-hybridized carbons (Fsp3) is 0.385. The van der Waals surface area contributed by atoms with Crippen molar-refractivity contribution in [3.8, 4) is 11.5 Å². The number of anilines is 1. The number of hydrazone groups is 1. The maximum atomic E-state index is 12.4. The summed E-state index contributed by atoms with van der Waals surface area (Å²) in [6.45, 7) is 6.66. The number of nitrogens with one attached hydrogen (secondary N) is 3. The van der Waals surface area contributed by atoms with Crippen LogP contribution in [0.2, 0.25) is 5.02 Å². The van der Waals surface area contributed by atoms with Gasteiger partial charge in [0.05, 0.1) is 23.9 Å². The zero-order valence-electron chi connectivity index (χ0n) is 21.1. The lowest BCUT2D eigenvalue weighted by molar-refractivity contribution is -0.139. The summed E-state index contributed by atoms with van der Waals surface area (Å²) in [4.78, 5) is 36.3. The lowest BCUT2D eigenvalue weighted by Gasteiger charge is -2.15. The first-order valence-electron chi connectivity index (χ1n) is 12.0. The Labute approximate surface area is 220 Å². The highest BCUT2D eigenvalue weighted by atomic mass is 35.5. The smallest absolute Gasteiger partial charge is 0.329 e. The number of aryl methyl sites for hydroxylation is 2. The van der Waals surface area contributed by atoms with Crippen molar-refractivity contribution in [3.05, 3.63) is 52.0 Å². The highest BCUT2D eigenvalue weighted by molar-refractivity contribution is 6.35. The number of benzene rings is 2. The lowest BCUT2D eigenvalue weighted by Crippen LogP contribution is -2.41. The van der Waals surface area contributed by atoms with E-state index in [1.54, 1.807) is 13.0 Å². The Bertz CT molecular complexity index is 1160. The molecule has 1 heterocycles. The average Bonchev–Trinajstić information content (AvgIpc) is 3.37. The Balaban J connectivity index is 1.57. The van der Waals surface area contributed by atoms with Crippen LogP contribution in [0.15, 0.2) is 35.4 Å². The molecule has 0 spiro atoms. The van der Waals surface area contributed by atoms with Crippen molar-refractivity contribution in [2.24, 2.45) is 5.10 Å². The predicted octanol–water partition coefficient (Wildman–Crippen LogP) is 3.12. The molecule has 0 bridgehead atoms. The van der Waals surface area contributed by atoms with Gasteiger partial charge in [0.2, 0.25) is 0 Å². The fourth-order valence-electron chi connectivity index (χ4n) is 3.65. The van der Waals surface area contributed by atoms with Crippen LogP contribution in [-0.4, -0.2) is 56.4 Å². The molecule has 0 aromatic heterocycles. The van der Waals surface area contributed by atoms with E-state index < -0.39 is 11.8 Å². The lowest BCUT2D eigenvalue weighted by atomic mass is 10.1. The summed E-state index contributed by atoms with van der Waals surface area (Å²) in [6, 6.07) is 8.85. The number of ether oxygens (including phenoxy) is 3. The topological polar surface area (TPSA) is 127 Å². The van der Waals surface area contributed by atoms with Crippen LogP contribution >= 0.6 is 11.6 Å². The first-order valence-corrected chi connectivity index (χ1v) is 12.3. The van der Waals surface area contributed by atoms with Gasteiger partial charge in [0.15, 0.2) is 18.1 Å². The molecule has 1 aliphatic heterocycles. The van der Waals surface area contributed by atoms with E-state index in [2.05, 4.69) is 21.2 Å². The molecule has 2 aromatic rings. The Hall–Kier alpha value is -3.63. The molecule has 0 saturated carbocycles. The third kappa shape index (κ3) is 8.47. The molecule has 1 aliphatic rings. The molecule has 0 aliphatic carbocycles. The highest BCUT2D eigenvalue weighted by Gasteiger charge is 2.19. The van der Waals surface area contributed by atoms with Crippen LogP contribution < -0.4 is 25.5 Å². The number of hydrogen-bond acceptors (Lipinski definition) is 7. The number of carbonyl (C=O) groups is 3. The van der Waals surface area contributed by atoms with Gasteiger partial charge in [-0.05, 0) is 62.9 Å². The number of halogens is 1. The second kappa shape index (κ2) is 13.6. The van der Waals surface area contributed by atoms with Gasteiger partial charge in [-0.2, -0.15) is 5.10 Å². The van der Waals surface area contributed by atoms with Crippen molar-refractivity contribution in [1.29, 1.82) is 0 Å². The minimum Gasteiger partial charge on any atom is -0.490 e. The van der Waals surface area contributed by atoms with E-state index in [1.807, 2.05) is 32.0 Å². The number of rotatable bonds is 10. The Morgan fingerprint density at radius 2 is 1.97 bits per heavy atom. The summed E-state index contributed by atoms with van der Waals surface area (Å²) < 4.78 is 16.7. The second-order valence-electron chi connectivity index (χ2n) is 8.46. The zero-order valence-corrected chi connectivity index (χ0v) is 21.8. The van der Waals surface area contributed by atoms with Crippen LogP contribution in [0.25, 0.3) is 0 Å². The van der Waals surface area contributed by atoms with Gasteiger partial charge in [-0.15, -0.1) is 0 Å². The van der Waals surface area contributed by atoms with Crippen LogP contribution in [0, 0.1) is 13.8 Å². The zero-order chi connectivity index (χ0) is 26.8. The molecule has 2 aromatic carbocycles. The third-order valence-corrected chi connectivity index (χ3v) is 5.72. The van der Waals surface area contributed by atoms with Crippen molar-refractivity contribution >= 4 is 41.2 Å². The van der Waals surface area contributed by atoms with E-state index in [1.165, 1.54) is 12.3 Å². The molecule has 1 fully saturated rings. The number of carbonyl (C=O) groups excluding carboxylic acids is 3.